The van der Waals surface area contributed by atoms with Crippen LogP contribution in [-0.2, 0) is 23.9 Å². The second-order valence-electron chi connectivity index (χ2n) is 8.78. The Bertz CT molecular complexity index is 810. The van der Waals surface area contributed by atoms with E-state index in [-0.39, 0.29) is 31.6 Å². The number of carbonyl (C=O) groups excluding carboxylic acids is 3. The van der Waals surface area contributed by atoms with Gasteiger partial charge in [0.05, 0.1) is 19.1 Å². The van der Waals surface area contributed by atoms with E-state index < -0.39 is 35.0 Å². The molecular weight excluding hydrogens is 400 g/mol. The molecule has 0 aliphatic carbocycles. The molecule has 1 N–H and O–H groups in total. The number of hydrogen-bond acceptors (Lipinski definition) is 6. The summed E-state index contributed by atoms with van der Waals surface area (Å²) in [7, 11) is 0. The standard InChI is InChI=1S/C23H32N2O6/c1-3-5-11-24-12-8-10-23-16(19(27)25(13-14-26)18(23)20(24)28)17-21(29)30-15-7-6-9-22(17,4-2)31-23/h6,8-10,16-18,26H,3-5,7,11-15H2,1-2H3/t16-,17-,18?,22+,23-/m0/s1. The summed E-state index contributed by atoms with van der Waals surface area (Å²) in [5.41, 5.74) is -2.27. The number of aliphatic hydroxyl groups excluding tert-OH is 1. The number of ether oxygens (including phenoxy) is 2. The maximum Gasteiger partial charge on any atom is 0.313 e. The van der Waals surface area contributed by atoms with Crippen LogP contribution in [0.1, 0.15) is 39.5 Å². The molecule has 0 aromatic rings. The third-order valence-corrected chi connectivity index (χ3v) is 7.11. The highest BCUT2D eigenvalue weighted by molar-refractivity contribution is 5.99. The summed E-state index contributed by atoms with van der Waals surface area (Å²) < 4.78 is 12.2. The minimum Gasteiger partial charge on any atom is -0.465 e. The van der Waals surface area contributed by atoms with Gasteiger partial charge in [0.2, 0.25) is 11.8 Å². The normalized spacial score (nSPS) is 37.1. The Labute approximate surface area is 182 Å². The molecular formula is C23H32N2O6. The predicted octanol–water partition coefficient (Wildman–Crippen LogP) is 1.04. The van der Waals surface area contributed by atoms with Crippen molar-refractivity contribution in [2.24, 2.45) is 11.8 Å². The topological polar surface area (TPSA) is 96.4 Å². The molecule has 8 nitrogen and oxygen atoms in total. The molecule has 0 aromatic carbocycles. The molecule has 0 aromatic heterocycles. The van der Waals surface area contributed by atoms with Crippen molar-refractivity contribution in [3.05, 3.63) is 24.3 Å². The molecule has 2 amide bonds. The molecule has 0 saturated carbocycles. The lowest BCUT2D eigenvalue weighted by Gasteiger charge is -2.38. The summed E-state index contributed by atoms with van der Waals surface area (Å²) in [4.78, 5) is 43.7. The number of rotatable bonds is 6. The fourth-order valence-corrected chi connectivity index (χ4v) is 5.67. The molecule has 170 valence electrons. The largest absolute Gasteiger partial charge is 0.465 e. The van der Waals surface area contributed by atoms with Gasteiger partial charge >= 0.3 is 5.97 Å². The van der Waals surface area contributed by atoms with Crippen molar-refractivity contribution >= 4 is 17.8 Å². The SMILES string of the molecule is CCCCN1CC=C[C@]23O[C@]4(CC)C=CCCOC(=O)[C@@H]4[C@H]2C(=O)N(CCO)C3C1=O. The molecule has 4 aliphatic heterocycles. The van der Waals surface area contributed by atoms with Crippen LogP contribution in [0.25, 0.3) is 0 Å². The minimum atomic E-state index is -1.27. The van der Waals surface area contributed by atoms with Crippen molar-refractivity contribution in [2.75, 3.05) is 32.8 Å². The van der Waals surface area contributed by atoms with Gasteiger partial charge in [0, 0.05) is 19.6 Å². The highest BCUT2D eigenvalue weighted by atomic mass is 16.6. The number of esters is 1. The van der Waals surface area contributed by atoms with Gasteiger partial charge in [0.15, 0.2) is 0 Å². The number of nitrogens with zero attached hydrogens (tertiary/aromatic N) is 2. The van der Waals surface area contributed by atoms with E-state index in [1.807, 2.05) is 31.2 Å². The van der Waals surface area contributed by atoms with E-state index in [0.29, 0.717) is 25.9 Å². The fourth-order valence-electron chi connectivity index (χ4n) is 5.67. The second-order valence-corrected chi connectivity index (χ2v) is 8.78. The number of β-amino-alcohol motifs (C(OH)–C–C–N with tert-alkyl or cyclic N) is 1. The first kappa shape index (κ1) is 22.0. The summed E-state index contributed by atoms with van der Waals surface area (Å²) >= 11 is 0. The van der Waals surface area contributed by atoms with E-state index in [0.717, 1.165) is 12.8 Å². The van der Waals surface area contributed by atoms with Gasteiger partial charge in [-0.1, -0.05) is 44.6 Å². The second kappa shape index (κ2) is 8.39. The van der Waals surface area contributed by atoms with Gasteiger partial charge in [-0.25, -0.2) is 0 Å². The zero-order chi connectivity index (χ0) is 22.2. The Kier molecular flexibility index (Phi) is 5.96. The van der Waals surface area contributed by atoms with Crippen molar-refractivity contribution in [1.82, 2.24) is 9.80 Å². The van der Waals surface area contributed by atoms with Crippen LogP contribution in [0.3, 0.4) is 0 Å². The van der Waals surface area contributed by atoms with Crippen molar-refractivity contribution in [3.8, 4) is 0 Å². The van der Waals surface area contributed by atoms with Crippen LogP contribution in [-0.4, -0.2) is 82.8 Å². The van der Waals surface area contributed by atoms with Crippen LogP contribution in [0.4, 0.5) is 0 Å². The smallest absolute Gasteiger partial charge is 0.313 e. The number of carbonyl (C=O) groups is 3. The van der Waals surface area contributed by atoms with Gasteiger partial charge in [0.25, 0.3) is 0 Å². The van der Waals surface area contributed by atoms with E-state index in [4.69, 9.17) is 9.47 Å². The predicted molar refractivity (Wildman–Crippen MR) is 112 cm³/mol. The van der Waals surface area contributed by atoms with Crippen LogP contribution in [0.5, 0.6) is 0 Å². The first-order valence-corrected chi connectivity index (χ1v) is 11.4. The molecule has 4 rings (SSSR count). The Balaban J connectivity index is 1.85. The van der Waals surface area contributed by atoms with Crippen molar-refractivity contribution in [1.29, 1.82) is 0 Å². The Morgan fingerprint density at radius 2 is 1.90 bits per heavy atom. The van der Waals surface area contributed by atoms with Gasteiger partial charge < -0.3 is 24.4 Å². The Morgan fingerprint density at radius 3 is 2.61 bits per heavy atom. The zero-order valence-corrected chi connectivity index (χ0v) is 18.3. The van der Waals surface area contributed by atoms with E-state index >= 15 is 0 Å². The first-order valence-electron chi connectivity index (χ1n) is 11.4. The molecule has 2 saturated heterocycles. The average Bonchev–Trinajstić information content (AvgIpc) is 3.09. The number of cyclic esters (lactones) is 1. The number of fused-ring (bicyclic) bond motifs is 2. The maximum absolute atomic E-state index is 13.7. The van der Waals surface area contributed by atoms with Crippen LogP contribution >= 0.6 is 0 Å². The molecule has 1 unspecified atom stereocenters. The Hall–Kier alpha value is -2.19. The van der Waals surface area contributed by atoms with Crippen LogP contribution < -0.4 is 0 Å². The first-order chi connectivity index (χ1) is 15.0. The summed E-state index contributed by atoms with van der Waals surface area (Å²) in [5, 5.41) is 9.64. The monoisotopic (exact) mass is 432 g/mol. The lowest BCUT2D eigenvalue weighted by Crippen LogP contribution is -2.56. The lowest BCUT2D eigenvalue weighted by molar-refractivity contribution is -0.162. The molecule has 1 spiro atoms. The number of hydrogen-bond donors (Lipinski definition) is 1. The molecule has 4 heterocycles. The zero-order valence-electron chi connectivity index (χ0n) is 18.3. The van der Waals surface area contributed by atoms with Gasteiger partial charge in [-0.3, -0.25) is 14.4 Å². The summed E-state index contributed by atoms with van der Waals surface area (Å²) in [5.74, 6) is -2.70. The third kappa shape index (κ3) is 3.22. The number of unbranched alkanes of at least 4 members (excludes halogenated alkanes) is 1. The van der Waals surface area contributed by atoms with E-state index in [2.05, 4.69) is 6.92 Å². The highest BCUT2D eigenvalue weighted by Crippen LogP contribution is 2.58. The summed E-state index contributed by atoms with van der Waals surface area (Å²) in [6, 6.07) is -0.911. The van der Waals surface area contributed by atoms with Gasteiger partial charge in [-0.05, 0) is 19.3 Å². The molecule has 8 heteroatoms. The van der Waals surface area contributed by atoms with Gasteiger partial charge in [-0.2, -0.15) is 0 Å². The molecule has 5 atom stereocenters. The van der Waals surface area contributed by atoms with Crippen molar-refractivity contribution < 1.29 is 29.0 Å². The van der Waals surface area contributed by atoms with E-state index in [1.165, 1.54) is 4.90 Å². The summed E-state index contributed by atoms with van der Waals surface area (Å²) in [6.45, 7) is 4.99. The maximum atomic E-state index is 13.7. The molecule has 4 aliphatic rings. The third-order valence-electron chi connectivity index (χ3n) is 7.11. The van der Waals surface area contributed by atoms with E-state index in [1.54, 1.807) is 4.90 Å². The van der Waals surface area contributed by atoms with Gasteiger partial charge in [-0.15, -0.1) is 0 Å². The minimum absolute atomic E-state index is 0.0169. The molecule has 0 radical (unpaired) electrons. The Morgan fingerprint density at radius 1 is 1.10 bits per heavy atom. The molecule has 0 bridgehead atoms. The average molecular weight is 433 g/mol. The van der Waals surface area contributed by atoms with Crippen LogP contribution in [0.15, 0.2) is 24.3 Å². The summed E-state index contributed by atoms with van der Waals surface area (Å²) in [6.07, 6.45) is 10.4. The molecule has 31 heavy (non-hydrogen) atoms. The lowest BCUT2D eigenvalue weighted by atomic mass is 9.73. The highest BCUT2D eigenvalue weighted by Gasteiger charge is 2.75. The van der Waals surface area contributed by atoms with Crippen molar-refractivity contribution in [3.63, 3.8) is 0 Å². The van der Waals surface area contributed by atoms with Crippen molar-refractivity contribution in [2.45, 2.75) is 56.8 Å². The fraction of sp³-hybridized carbons (Fsp3) is 0.696. The molecule has 2 fully saturated rings. The van der Waals surface area contributed by atoms with Crippen LogP contribution in [0.2, 0.25) is 0 Å². The number of amides is 2. The van der Waals surface area contributed by atoms with Crippen LogP contribution in [0, 0.1) is 11.8 Å². The van der Waals surface area contributed by atoms with Gasteiger partial charge in [0.1, 0.15) is 23.2 Å². The number of likely N-dealkylation sites (tertiary alicyclic amines) is 1. The number of aliphatic hydroxyl groups is 1. The van der Waals surface area contributed by atoms with E-state index in [9.17, 15) is 19.5 Å². The quantitative estimate of drug-likeness (QED) is 0.498.